The molecule has 0 radical (unpaired) electrons. The van der Waals surface area contributed by atoms with Gasteiger partial charge < -0.3 is 19.9 Å². The smallest absolute Gasteiger partial charge is 0.325 e. The molecular weight excluding hydrogens is 621 g/mol. The van der Waals surface area contributed by atoms with Gasteiger partial charge in [0, 0.05) is 28.2 Å². The summed E-state index contributed by atoms with van der Waals surface area (Å²) in [4.78, 5) is 14.8. The van der Waals surface area contributed by atoms with Gasteiger partial charge in [-0.25, -0.2) is 16.8 Å². The molecule has 0 aromatic rings. The third-order valence-electron chi connectivity index (χ3n) is 3.85. The van der Waals surface area contributed by atoms with Crippen molar-refractivity contribution in [3.63, 3.8) is 0 Å². The largest absolute Gasteiger partial charge is 0.465 e. The molecule has 36 heavy (non-hydrogen) atoms. The van der Waals surface area contributed by atoms with Gasteiger partial charge in [-0.15, -0.1) is 0 Å². The molecule has 0 spiro atoms. The van der Waals surface area contributed by atoms with E-state index in [1.54, 1.807) is 58.8 Å². The molecule has 0 saturated carbocycles. The van der Waals surface area contributed by atoms with Gasteiger partial charge in [0.2, 0.25) is 0 Å². The zero-order chi connectivity index (χ0) is 26.8. The van der Waals surface area contributed by atoms with Gasteiger partial charge in [0.1, 0.15) is 18.2 Å². The summed E-state index contributed by atoms with van der Waals surface area (Å²) < 4.78 is 58.5. The van der Waals surface area contributed by atoms with Crippen molar-refractivity contribution >= 4 is 61.3 Å². The van der Waals surface area contributed by atoms with Crippen molar-refractivity contribution in [1.29, 1.82) is 0 Å². The lowest BCUT2D eigenvalue weighted by Crippen LogP contribution is -2.48. The maximum atomic E-state index is 11.6. The van der Waals surface area contributed by atoms with Gasteiger partial charge in [-0.3, -0.25) is 4.79 Å². The molecular formula is C22H50IN5O6S2. The second-order valence-electron chi connectivity index (χ2n) is 8.32. The van der Waals surface area contributed by atoms with Crippen molar-refractivity contribution < 1.29 is 26.4 Å². The zero-order valence-electron chi connectivity index (χ0n) is 21.5. The molecule has 0 aliphatic rings. The fourth-order valence-electron chi connectivity index (χ4n) is 2.01. The minimum atomic E-state index is -3.41. The van der Waals surface area contributed by atoms with Crippen molar-refractivity contribution in [3.05, 3.63) is 0 Å². The predicted molar refractivity (Wildman–Crippen MR) is 161 cm³/mol. The minimum absolute atomic E-state index is 0. The molecule has 1 N–H and O–H groups in total. The van der Waals surface area contributed by atoms with Crippen LogP contribution in [0, 0.1) is 0 Å². The number of alkyl halides is 1. The third kappa shape index (κ3) is 26.1. The number of rotatable bonds is 16. The molecule has 0 heterocycles. The van der Waals surface area contributed by atoms with Crippen LogP contribution in [0.2, 0.25) is 0 Å². The predicted octanol–water partition coefficient (Wildman–Crippen LogP) is 3.01. The monoisotopic (exact) mass is 671 g/mol. The fourth-order valence-corrected chi connectivity index (χ4v) is 4.56. The Kier molecular flexibility index (Phi) is 25.8. The van der Waals surface area contributed by atoms with Gasteiger partial charge in [0.15, 0.2) is 0 Å². The van der Waals surface area contributed by atoms with Gasteiger partial charge in [-0.05, 0) is 57.4 Å². The number of halogens is 1. The molecule has 0 aliphatic heterocycles. The van der Waals surface area contributed by atoms with Crippen molar-refractivity contribution in [2.75, 3.05) is 57.3 Å². The van der Waals surface area contributed by atoms with Gasteiger partial charge in [-0.2, -0.15) is 8.80 Å². The van der Waals surface area contributed by atoms with Crippen LogP contribution < -0.4 is 5.32 Å². The number of sulfonamides is 2. The molecule has 0 aromatic carbocycles. The summed E-state index contributed by atoms with van der Waals surface area (Å²) in [5.74, 6) is -0.160. The van der Waals surface area contributed by atoms with E-state index in [4.69, 9.17) is 4.74 Å². The summed E-state index contributed by atoms with van der Waals surface area (Å²) in [5.41, 5.74) is -0.766. The second kappa shape index (κ2) is 22.0. The summed E-state index contributed by atoms with van der Waals surface area (Å²) in [6, 6.07) is 0. The summed E-state index contributed by atoms with van der Waals surface area (Å²) in [6.45, 7) is 6.12. The topological polar surface area (TPSA) is 138 Å². The van der Waals surface area contributed by atoms with Crippen LogP contribution >= 0.6 is 22.6 Å². The maximum Gasteiger partial charge on any atom is 0.325 e. The number of nitrogens with zero attached hydrogens (tertiary/aromatic N) is 4. The van der Waals surface area contributed by atoms with E-state index in [0.29, 0.717) is 32.4 Å². The molecule has 0 unspecified atom stereocenters. The first-order valence-electron chi connectivity index (χ1n) is 11.0. The first kappa shape index (κ1) is 42.1. The van der Waals surface area contributed by atoms with Crippen LogP contribution in [-0.4, -0.2) is 108 Å². The van der Waals surface area contributed by atoms with Gasteiger partial charge in [0.25, 0.3) is 20.0 Å². The molecule has 0 aromatic heterocycles. The number of nitrogens with one attached hydrogen (secondary N) is 1. The Hall–Kier alpha value is -1.00. The number of esters is 1. The van der Waals surface area contributed by atoms with E-state index in [1.165, 1.54) is 12.7 Å². The minimum Gasteiger partial charge on any atom is -0.465 e. The third-order valence-corrected chi connectivity index (χ3v) is 7.05. The summed E-state index contributed by atoms with van der Waals surface area (Å²) in [7, 11) is 0.264. The molecule has 0 rings (SSSR count). The van der Waals surface area contributed by atoms with Gasteiger partial charge in [-0.1, -0.05) is 37.4 Å². The quantitative estimate of drug-likeness (QED) is 0.0656. The van der Waals surface area contributed by atoms with E-state index < -0.39 is 25.6 Å². The molecule has 0 aliphatic carbocycles. The van der Waals surface area contributed by atoms with E-state index >= 15 is 0 Å². The summed E-state index contributed by atoms with van der Waals surface area (Å²) in [6.07, 6.45) is 5.34. The van der Waals surface area contributed by atoms with Gasteiger partial charge in [0.05, 0.1) is 18.1 Å². The Morgan fingerprint density at radius 3 is 1.67 bits per heavy atom. The van der Waals surface area contributed by atoms with E-state index in [9.17, 15) is 21.6 Å². The average Bonchev–Trinajstić information content (AvgIpc) is 2.71. The maximum absolute atomic E-state index is 11.6. The van der Waals surface area contributed by atoms with Crippen molar-refractivity contribution in [2.45, 2.75) is 66.8 Å². The SMILES string of the molecule is C.C.CCOC(=O)C(C)(C)NCCCCS(=O)(=O)N=CN(C)C.CN(C)C=NS(=O)(=O)CCCCI. The molecule has 0 bridgehead atoms. The van der Waals surface area contributed by atoms with Crippen molar-refractivity contribution in [3.8, 4) is 0 Å². The van der Waals surface area contributed by atoms with Crippen LogP contribution in [0.5, 0.6) is 0 Å². The molecule has 11 nitrogen and oxygen atoms in total. The molecule has 0 fully saturated rings. The van der Waals surface area contributed by atoms with Crippen molar-refractivity contribution in [2.24, 2.45) is 8.80 Å². The van der Waals surface area contributed by atoms with Gasteiger partial charge >= 0.3 is 5.97 Å². The number of carbonyl (C=O) groups is 1. The number of carbonyl (C=O) groups excluding carboxylic acids is 1. The molecule has 14 heteroatoms. The highest BCUT2D eigenvalue weighted by molar-refractivity contribution is 14.1. The van der Waals surface area contributed by atoms with Crippen molar-refractivity contribution in [1.82, 2.24) is 15.1 Å². The highest BCUT2D eigenvalue weighted by Gasteiger charge is 2.27. The van der Waals surface area contributed by atoms with Crippen LogP contribution in [-0.2, 0) is 29.6 Å². The Labute approximate surface area is 234 Å². The van der Waals surface area contributed by atoms with Crippen LogP contribution in [0.25, 0.3) is 0 Å². The average molecular weight is 672 g/mol. The zero-order valence-corrected chi connectivity index (χ0v) is 25.2. The lowest BCUT2D eigenvalue weighted by atomic mass is 10.1. The Morgan fingerprint density at radius 1 is 0.889 bits per heavy atom. The van der Waals surface area contributed by atoms with E-state index in [0.717, 1.165) is 10.8 Å². The molecule has 0 atom stereocenters. The lowest BCUT2D eigenvalue weighted by molar-refractivity contribution is -0.149. The molecule has 218 valence electrons. The second-order valence-corrected chi connectivity index (χ2v) is 13.0. The Balaban J connectivity index is -0.000000297. The van der Waals surface area contributed by atoms with Crippen LogP contribution in [0.15, 0.2) is 8.80 Å². The molecule has 0 amide bonds. The van der Waals surface area contributed by atoms with E-state index in [2.05, 4.69) is 36.7 Å². The number of unbranched alkanes of at least 4 members (excludes halogenated alkanes) is 2. The Morgan fingerprint density at radius 2 is 1.31 bits per heavy atom. The van der Waals surface area contributed by atoms with Crippen LogP contribution in [0.4, 0.5) is 0 Å². The van der Waals surface area contributed by atoms with Crippen LogP contribution in [0.1, 0.15) is 61.3 Å². The lowest BCUT2D eigenvalue weighted by Gasteiger charge is -2.23. The standard InChI is InChI=1S/C13H27N3O4S.C7H15IN2O2S.2CH4/c1-6-20-12(17)13(2,3)14-9-7-8-10-21(18,19)15-11-16(4)5;1-10(2)7-9-13(11,12)6-4-3-5-8;;/h11,14H,6-10H2,1-5H3;7H,3-6H2,1-2H3;2*1H4. The van der Waals surface area contributed by atoms with Crippen LogP contribution in [0.3, 0.4) is 0 Å². The highest BCUT2D eigenvalue weighted by atomic mass is 127. The fraction of sp³-hybridized carbons (Fsp3) is 0.864. The summed E-state index contributed by atoms with van der Waals surface area (Å²) >= 11 is 2.23. The number of hydrogen-bond donors (Lipinski definition) is 1. The Bertz CT molecular complexity index is 830. The van der Waals surface area contributed by atoms with E-state index in [-0.39, 0.29) is 32.3 Å². The highest BCUT2D eigenvalue weighted by Crippen LogP contribution is 2.06. The first-order valence-corrected chi connectivity index (χ1v) is 15.7. The summed E-state index contributed by atoms with van der Waals surface area (Å²) in [5, 5.41) is 3.06. The van der Waals surface area contributed by atoms with E-state index in [1.807, 2.05) is 0 Å². The number of ether oxygens (including phenoxy) is 1. The molecule has 0 saturated heterocycles. The first-order chi connectivity index (χ1) is 15.6. The normalized spacial score (nSPS) is 11.8. The number of hydrogen-bond acceptors (Lipinski definition) is 7.